The molecule has 1 rings (SSSR count). The van der Waals surface area contributed by atoms with Crippen LogP contribution in [0.1, 0.15) is 10.4 Å². The predicted molar refractivity (Wildman–Crippen MR) is 56.0 cm³/mol. The molecule has 3 amide bonds. The van der Waals surface area contributed by atoms with Crippen molar-refractivity contribution in [2.24, 2.45) is 11.5 Å². The highest BCUT2D eigenvalue weighted by molar-refractivity contribution is 6.08. The Morgan fingerprint density at radius 1 is 1.11 bits per heavy atom. The lowest BCUT2D eigenvalue weighted by atomic mass is 10.1. The van der Waals surface area contributed by atoms with Crippen LogP contribution in [0.4, 0.5) is 8.78 Å². The van der Waals surface area contributed by atoms with Crippen LogP contribution in [0.3, 0.4) is 0 Å². The van der Waals surface area contributed by atoms with Crippen LogP contribution < -0.4 is 16.8 Å². The Kier molecular flexibility index (Phi) is 3.93. The summed E-state index contributed by atoms with van der Waals surface area (Å²) in [6.07, 6.45) is 0. The number of halogens is 2. The van der Waals surface area contributed by atoms with E-state index >= 15 is 0 Å². The minimum Gasteiger partial charge on any atom is -0.367 e. The third-order valence-corrected chi connectivity index (χ3v) is 2.02. The van der Waals surface area contributed by atoms with Gasteiger partial charge in [-0.2, -0.15) is 0 Å². The maximum Gasteiger partial charge on any atom is 0.255 e. The fourth-order valence-corrected chi connectivity index (χ4v) is 1.16. The van der Waals surface area contributed by atoms with Crippen molar-refractivity contribution >= 4 is 17.7 Å². The minimum atomic E-state index is -1.76. The topological polar surface area (TPSA) is 115 Å². The van der Waals surface area contributed by atoms with Gasteiger partial charge in [-0.05, 0) is 12.1 Å². The number of carbonyl (C=O) groups is 3. The number of primary amides is 2. The fourth-order valence-electron chi connectivity index (χ4n) is 1.16. The largest absolute Gasteiger partial charge is 0.367 e. The lowest BCUT2D eigenvalue weighted by Crippen LogP contribution is -2.52. The Bertz CT molecular complexity index is 505. The summed E-state index contributed by atoms with van der Waals surface area (Å²) in [5.41, 5.74) is 9.10. The molecular weight excluding hydrogens is 248 g/mol. The van der Waals surface area contributed by atoms with Crippen LogP contribution in [0, 0.1) is 11.6 Å². The second kappa shape index (κ2) is 5.21. The molecule has 18 heavy (non-hydrogen) atoms. The van der Waals surface area contributed by atoms with E-state index in [9.17, 15) is 23.2 Å². The van der Waals surface area contributed by atoms with Gasteiger partial charge in [0.15, 0.2) is 6.04 Å². The van der Waals surface area contributed by atoms with E-state index in [2.05, 4.69) is 0 Å². The zero-order valence-corrected chi connectivity index (χ0v) is 8.94. The molecule has 8 heteroatoms. The SMILES string of the molecule is NC(=O)C(NC(=O)c1ccc(F)cc1F)C(N)=O. The average molecular weight is 257 g/mol. The molecule has 0 bridgehead atoms. The van der Waals surface area contributed by atoms with E-state index in [1.165, 1.54) is 0 Å². The van der Waals surface area contributed by atoms with Crippen LogP contribution in [0.2, 0.25) is 0 Å². The molecule has 0 fully saturated rings. The van der Waals surface area contributed by atoms with E-state index < -0.39 is 41.0 Å². The molecule has 1 aromatic carbocycles. The lowest BCUT2D eigenvalue weighted by molar-refractivity contribution is -0.128. The Hall–Kier alpha value is -2.51. The van der Waals surface area contributed by atoms with Crippen molar-refractivity contribution in [2.45, 2.75) is 6.04 Å². The monoisotopic (exact) mass is 257 g/mol. The Morgan fingerprint density at radius 2 is 1.67 bits per heavy atom. The number of benzene rings is 1. The summed E-state index contributed by atoms with van der Waals surface area (Å²) < 4.78 is 25.8. The second-order valence-electron chi connectivity index (χ2n) is 3.34. The van der Waals surface area contributed by atoms with Gasteiger partial charge in [-0.3, -0.25) is 14.4 Å². The van der Waals surface area contributed by atoms with E-state index in [1.54, 1.807) is 0 Å². The van der Waals surface area contributed by atoms with Crippen molar-refractivity contribution in [3.05, 3.63) is 35.4 Å². The molecule has 5 N–H and O–H groups in total. The molecule has 0 aromatic heterocycles. The zero-order chi connectivity index (χ0) is 13.9. The van der Waals surface area contributed by atoms with Gasteiger partial charge < -0.3 is 16.8 Å². The van der Waals surface area contributed by atoms with Crippen LogP contribution in [-0.2, 0) is 9.59 Å². The van der Waals surface area contributed by atoms with Crippen LogP contribution in [0.15, 0.2) is 18.2 Å². The Balaban J connectivity index is 2.94. The zero-order valence-electron chi connectivity index (χ0n) is 8.94. The van der Waals surface area contributed by atoms with Crippen LogP contribution in [-0.4, -0.2) is 23.8 Å². The van der Waals surface area contributed by atoms with Gasteiger partial charge in [0.25, 0.3) is 5.91 Å². The molecule has 0 aliphatic rings. The number of hydrogen-bond acceptors (Lipinski definition) is 3. The molecule has 0 heterocycles. The lowest BCUT2D eigenvalue weighted by Gasteiger charge is -2.12. The summed E-state index contributed by atoms with van der Waals surface area (Å²) in [5.74, 6) is -5.47. The van der Waals surface area contributed by atoms with Crippen molar-refractivity contribution in [3.63, 3.8) is 0 Å². The molecule has 0 atom stereocenters. The number of carbonyl (C=O) groups excluding carboxylic acids is 3. The first-order chi connectivity index (χ1) is 8.32. The van der Waals surface area contributed by atoms with Crippen molar-refractivity contribution in [1.29, 1.82) is 0 Å². The van der Waals surface area contributed by atoms with Crippen LogP contribution >= 0.6 is 0 Å². The van der Waals surface area contributed by atoms with Gasteiger partial charge in [0.1, 0.15) is 11.6 Å². The minimum absolute atomic E-state index is 0.485. The van der Waals surface area contributed by atoms with Crippen LogP contribution in [0.25, 0.3) is 0 Å². The van der Waals surface area contributed by atoms with Gasteiger partial charge >= 0.3 is 0 Å². The predicted octanol–water partition coefficient (Wildman–Crippen LogP) is -0.966. The highest BCUT2D eigenvalue weighted by Crippen LogP contribution is 2.09. The molecule has 0 aliphatic carbocycles. The summed E-state index contributed by atoms with van der Waals surface area (Å²) in [7, 11) is 0. The van der Waals surface area contributed by atoms with E-state index in [0.717, 1.165) is 12.1 Å². The molecule has 0 saturated heterocycles. The van der Waals surface area contributed by atoms with E-state index in [4.69, 9.17) is 11.5 Å². The van der Waals surface area contributed by atoms with Crippen molar-refractivity contribution < 1.29 is 23.2 Å². The standard InChI is InChI=1S/C10H9F2N3O3/c11-4-1-2-5(6(12)3-4)10(18)15-7(8(13)16)9(14)17/h1-3,7H,(H2,13,16)(H2,14,17)(H,15,18). The molecule has 96 valence electrons. The molecule has 6 nitrogen and oxygen atoms in total. The third-order valence-electron chi connectivity index (χ3n) is 2.02. The molecule has 0 saturated carbocycles. The Morgan fingerprint density at radius 3 is 2.11 bits per heavy atom. The highest BCUT2D eigenvalue weighted by atomic mass is 19.1. The first-order valence-corrected chi connectivity index (χ1v) is 4.67. The molecule has 0 aliphatic heterocycles. The molecule has 0 radical (unpaired) electrons. The maximum absolute atomic E-state index is 13.2. The first kappa shape index (κ1) is 13.6. The summed E-state index contributed by atoms with van der Waals surface area (Å²) in [6, 6.07) is 0.431. The summed E-state index contributed by atoms with van der Waals surface area (Å²) in [5, 5.41) is 1.84. The van der Waals surface area contributed by atoms with Crippen LogP contribution in [0.5, 0.6) is 0 Å². The number of hydrogen-bond donors (Lipinski definition) is 3. The normalized spacial score (nSPS) is 10.2. The summed E-state index contributed by atoms with van der Waals surface area (Å²) in [4.78, 5) is 33.1. The average Bonchev–Trinajstić information content (AvgIpc) is 2.24. The number of rotatable bonds is 4. The quantitative estimate of drug-likeness (QED) is 0.603. The molecular formula is C10H9F2N3O3. The number of nitrogens with one attached hydrogen (secondary N) is 1. The summed E-state index contributed by atoms with van der Waals surface area (Å²) in [6.45, 7) is 0. The third kappa shape index (κ3) is 3.00. The van der Waals surface area contributed by atoms with E-state index in [1.807, 2.05) is 5.32 Å². The second-order valence-corrected chi connectivity index (χ2v) is 3.34. The molecule has 1 aromatic rings. The van der Waals surface area contributed by atoms with E-state index in [0.29, 0.717) is 6.07 Å². The Labute approximate surface area is 99.9 Å². The van der Waals surface area contributed by atoms with Gasteiger partial charge in [-0.15, -0.1) is 0 Å². The van der Waals surface area contributed by atoms with Gasteiger partial charge in [-0.1, -0.05) is 0 Å². The maximum atomic E-state index is 13.2. The summed E-state index contributed by atoms with van der Waals surface area (Å²) >= 11 is 0. The van der Waals surface area contributed by atoms with Crippen molar-refractivity contribution in [1.82, 2.24) is 5.32 Å². The molecule has 0 unspecified atom stereocenters. The van der Waals surface area contributed by atoms with Gasteiger partial charge in [-0.25, -0.2) is 8.78 Å². The number of nitrogens with two attached hydrogens (primary N) is 2. The van der Waals surface area contributed by atoms with Gasteiger partial charge in [0.05, 0.1) is 5.56 Å². The smallest absolute Gasteiger partial charge is 0.255 e. The molecule has 0 spiro atoms. The van der Waals surface area contributed by atoms with Crippen molar-refractivity contribution in [3.8, 4) is 0 Å². The van der Waals surface area contributed by atoms with E-state index in [-0.39, 0.29) is 0 Å². The van der Waals surface area contributed by atoms with Gasteiger partial charge in [0, 0.05) is 6.07 Å². The fraction of sp³-hybridized carbons (Fsp3) is 0.100. The van der Waals surface area contributed by atoms with Crippen molar-refractivity contribution in [2.75, 3.05) is 0 Å². The number of amides is 3. The van der Waals surface area contributed by atoms with Gasteiger partial charge in [0.2, 0.25) is 11.8 Å². The highest BCUT2D eigenvalue weighted by Gasteiger charge is 2.25. The first-order valence-electron chi connectivity index (χ1n) is 4.67.